The van der Waals surface area contributed by atoms with Crippen LogP contribution >= 0.6 is 12.2 Å². The molecule has 0 spiro atoms. The fourth-order valence-electron chi connectivity index (χ4n) is 3.91. The molecule has 0 aromatic heterocycles. The molecule has 1 aliphatic carbocycles. The molecular weight excluding hydrogens is 242 g/mol. The van der Waals surface area contributed by atoms with E-state index in [1.54, 1.807) is 0 Å². The normalized spacial score (nSPS) is 37.4. The quantitative estimate of drug-likeness (QED) is 0.664. The molecule has 18 heavy (non-hydrogen) atoms. The predicted octanol–water partition coefficient (Wildman–Crippen LogP) is 3.21. The van der Waals surface area contributed by atoms with E-state index in [4.69, 9.17) is 17.0 Å². The molecule has 0 unspecified atom stereocenters. The van der Waals surface area contributed by atoms with Crippen LogP contribution in [0, 0.1) is 0 Å². The molecule has 3 atom stereocenters. The van der Waals surface area contributed by atoms with E-state index in [-0.39, 0.29) is 5.72 Å². The molecule has 94 valence electrons. The van der Waals surface area contributed by atoms with Crippen LogP contribution in [0.5, 0.6) is 0 Å². The average molecular weight is 259 g/mol. The second kappa shape index (κ2) is 3.55. The van der Waals surface area contributed by atoms with Crippen molar-refractivity contribution in [2.75, 3.05) is 0 Å². The highest BCUT2D eigenvalue weighted by atomic mass is 32.1. The number of rotatable bonds is 0. The molecular formula is C15H17NOS. The smallest absolute Gasteiger partial charge is 0.139 e. The largest absolute Gasteiger partial charge is 0.350 e. The second-order valence-electron chi connectivity index (χ2n) is 5.80. The molecule has 0 bridgehead atoms. The standard InChI is InChI=1S/C15H17NOS/c1-15-8-4-7-13(18)16(15)14-11-6-3-2-5-10(11)9-12(14)17-15/h2-3,5-6,12,14H,4,7-9H2,1H3/t12-,14+,15-/m0/s1. The van der Waals surface area contributed by atoms with Crippen molar-refractivity contribution >= 4 is 17.2 Å². The maximum atomic E-state index is 6.37. The molecule has 3 heteroatoms. The molecule has 0 N–H and O–H groups in total. The van der Waals surface area contributed by atoms with Crippen LogP contribution in [0.25, 0.3) is 0 Å². The van der Waals surface area contributed by atoms with E-state index >= 15 is 0 Å². The molecule has 2 saturated heterocycles. The van der Waals surface area contributed by atoms with Crippen molar-refractivity contribution in [1.29, 1.82) is 0 Å². The first-order valence-corrected chi connectivity index (χ1v) is 7.18. The van der Waals surface area contributed by atoms with Gasteiger partial charge in [0.05, 0.1) is 17.1 Å². The molecule has 2 fully saturated rings. The van der Waals surface area contributed by atoms with E-state index in [9.17, 15) is 0 Å². The van der Waals surface area contributed by atoms with Crippen molar-refractivity contribution in [2.24, 2.45) is 0 Å². The summed E-state index contributed by atoms with van der Waals surface area (Å²) in [4.78, 5) is 3.48. The number of nitrogens with zero attached hydrogens (tertiary/aromatic N) is 1. The maximum absolute atomic E-state index is 6.37. The number of hydrogen-bond donors (Lipinski definition) is 0. The summed E-state index contributed by atoms with van der Waals surface area (Å²) in [7, 11) is 0. The third-order valence-corrected chi connectivity index (χ3v) is 5.04. The summed E-state index contributed by atoms with van der Waals surface area (Å²) in [6.45, 7) is 2.21. The Balaban J connectivity index is 1.82. The molecule has 2 nitrogen and oxygen atoms in total. The van der Waals surface area contributed by atoms with Gasteiger partial charge in [0.15, 0.2) is 0 Å². The van der Waals surface area contributed by atoms with Crippen LogP contribution in [-0.4, -0.2) is 21.7 Å². The third-order valence-electron chi connectivity index (χ3n) is 4.64. The Morgan fingerprint density at radius 2 is 2.22 bits per heavy atom. The van der Waals surface area contributed by atoms with Gasteiger partial charge in [0, 0.05) is 6.42 Å². The van der Waals surface area contributed by atoms with Gasteiger partial charge in [-0.25, -0.2) is 0 Å². The van der Waals surface area contributed by atoms with Gasteiger partial charge >= 0.3 is 0 Å². The number of benzene rings is 1. The minimum absolute atomic E-state index is 0.155. The van der Waals surface area contributed by atoms with Crippen molar-refractivity contribution < 1.29 is 4.74 Å². The van der Waals surface area contributed by atoms with Gasteiger partial charge in [-0.15, -0.1) is 0 Å². The Morgan fingerprint density at radius 1 is 1.39 bits per heavy atom. The zero-order valence-electron chi connectivity index (χ0n) is 10.6. The van der Waals surface area contributed by atoms with Crippen LogP contribution in [-0.2, 0) is 11.2 Å². The van der Waals surface area contributed by atoms with Crippen LogP contribution in [0.3, 0.4) is 0 Å². The zero-order chi connectivity index (χ0) is 12.3. The molecule has 1 aromatic rings. The fourth-order valence-corrected chi connectivity index (χ4v) is 4.36. The fraction of sp³-hybridized carbons (Fsp3) is 0.533. The van der Waals surface area contributed by atoms with Crippen LogP contribution in [0.15, 0.2) is 24.3 Å². The number of thiocarbonyl (C=S) groups is 1. The van der Waals surface area contributed by atoms with Gasteiger partial charge in [-0.1, -0.05) is 36.5 Å². The minimum atomic E-state index is -0.155. The highest BCUT2D eigenvalue weighted by Crippen LogP contribution is 2.51. The highest BCUT2D eigenvalue weighted by Gasteiger charge is 2.55. The number of ether oxygens (including phenoxy) is 1. The first kappa shape index (κ1) is 10.9. The Hall–Kier alpha value is -0.930. The molecule has 0 radical (unpaired) electrons. The number of piperidine rings is 1. The van der Waals surface area contributed by atoms with Gasteiger partial charge in [0.2, 0.25) is 0 Å². The number of hydrogen-bond acceptors (Lipinski definition) is 2. The third kappa shape index (κ3) is 1.29. The Morgan fingerprint density at radius 3 is 3.11 bits per heavy atom. The molecule has 3 aliphatic rings. The highest BCUT2D eigenvalue weighted by molar-refractivity contribution is 7.80. The molecule has 2 aliphatic heterocycles. The van der Waals surface area contributed by atoms with E-state index in [1.165, 1.54) is 11.1 Å². The van der Waals surface area contributed by atoms with Gasteiger partial charge in [0.25, 0.3) is 0 Å². The van der Waals surface area contributed by atoms with Crippen molar-refractivity contribution in [3.8, 4) is 0 Å². The molecule has 0 amide bonds. The lowest BCUT2D eigenvalue weighted by atomic mass is 9.97. The second-order valence-corrected chi connectivity index (χ2v) is 6.27. The monoisotopic (exact) mass is 259 g/mol. The zero-order valence-corrected chi connectivity index (χ0v) is 11.4. The summed E-state index contributed by atoms with van der Waals surface area (Å²) in [6.07, 6.45) is 4.63. The van der Waals surface area contributed by atoms with Crippen LogP contribution in [0.4, 0.5) is 0 Å². The first-order chi connectivity index (χ1) is 8.69. The predicted molar refractivity (Wildman–Crippen MR) is 74.5 cm³/mol. The summed E-state index contributed by atoms with van der Waals surface area (Å²) in [6, 6.07) is 9.07. The lowest BCUT2D eigenvalue weighted by Gasteiger charge is -2.42. The van der Waals surface area contributed by atoms with E-state index in [1.807, 2.05) is 0 Å². The topological polar surface area (TPSA) is 12.5 Å². The van der Waals surface area contributed by atoms with Crippen molar-refractivity contribution in [2.45, 2.75) is 50.5 Å². The van der Waals surface area contributed by atoms with E-state index in [0.717, 1.165) is 30.7 Å². The van der Waals surface area contributed by atoms with Gasteiger partial charge in [0.1, 0.15) is 5.72 Å². The van der Waals surface area contributed by atoms with Crippen LogP contribution < -0.4 is 0 Å². The lowest BCUT2D eigenvalue weighted by molar-refractivity contribution is -0.0803. The maximum Gasteiger partial charge on any atom is 0.139 e. The molecule has 4 rings (SSSR count). The summed E-state index contributed by atoms with van der Waals surface area (Å²) in [5.74, 6) is 0. The average Bonchev–Trinajstić information content (AvgIpc) is 2.80. The SMILES string of the molecule is C[C@]12CCCC(=S)N1[C@@H]1c3ccccc3C[C@@H]1O2. The van der Waals surface area contributed by atoms with Gasteiger partial charge in [-0.05, 0) is 37.3 Å². The minimum Gasteiger partial charge on any atom is -0.350 e. The summed E-state index contributed by atoms with van der Waals surface area (Å²) in [5.41, 5.74) is 2.71. The molecule has 0 saturated carbocycles. The van der Waals surface area contributed by atoms with Crippen molar-refractivity contribution in [3.63, 3.8) is 0 Å². The van der Waals surface area contributed by atoms with E-state index in [2.05, 4.69) is 36.1 Å². The lowest BCUT2D eigenvalue weighted by Crippen LogP contribution is -2.49. The van der Waals surface area contributed by atoms with Crippen molar-refractivity contribution in [1.82, 2.24) is 4.90 Å². The Labute approximate surface area is 113 Å². The van der Waals surface area contributed by atoms with Crippen molar-refractivity contribution in [3.05, 3.63) is 35.4 Å². The van der Waals surface area contributed by atoms with Gasteiger partial charge in [-0.3, -0.25) is 0 Å². The Kier molecular flexibility index (Phi) is 2.16. The van der Waals surface area contributed by atoms with E-state index < -0.39 is 0 Å². The van der Waals surface area contributed by atoms with Gasteiger partial charge in [-0.2, -0.15) is 0 Å². The van der Waals surface area contributed by atoms with Crippen LogP contribution in [0.2, 0.25) is 0 Å². The van der Waals surface area contributed by atoms with Gasteiger partial charge < -0.3 is 9.64 Å². The van der Waals surface area contributed by atoms with Crippen LogP contribution in [0.1, 0.15) is 43.4 Å². The van der Waals surface area contributed by atoms with E-state index in [0.29, 0.717) is 12.1 Å². The molecule has 2 heterocycles. The summed E-state index contributed by atoms with van der Waals surface area (Å²) < 4.78 is 6.37. The summed E-state index contributed by atoms with van der Waals surface area (Å²) in [5, 5.41) is 0. The molecule has 1 aromatic carbocycles. The Bertz CT molecular complexity index is 529. The number of fused-ring (bicyclic) bond motifs is 5. The summed E-state index contributed by atoms with van der Waals surface area (Å²) >= 11 is 5.61. The first-order valence-electron chi connectivity index (χ1n) is 6.77.